The minimum absolute atomic E-state index is 0.221. The van der Waals surface area contributed by atoms with Crippen LogP contribution in [0.15, 0.2) is 30.6 Å². The molecule has 0 saturated carbocycles. The maximum Gasteiger partial charge on any atom is 0.319 e. The average molecular weight is 302 g/mol. The number of aryl methyl sites for hydroxylation is 2. The van der Waals surface area contributed by atoms with Gasteiger partial charge in [-0.25, -0.2) is 9.78 Å². The molecule has 1 aliphatic rings. The Kier molecular flexibility index (Phi) is 4.13. The van der Waals surface area contributed by atoms with Crippen molar-refractivity contribution >= 4 is 11.7 Å². The van der Waals surface area contributed by atoms with E-state index in [4.69, 9.17) is 9.47 Å². The van der Waals surface area contributed by atoms with E-state index >= 15 is 0 Å². The molecule has 2 heterocycles. The average Bonchev–Trinajstić information content (AvgIpc) is 3.12. The van der Waals surface area contributed by atoms with Crippen LogP contribution >= 0.6 is 0 Å². The largest absolute Gasteiger partial charge is 0.454 e. The summed E-state index contributed by atoms with van der Waals surface area (Å²) in [5.41, 5.74) is 0.673. The molecular weight excluding hydrogens is 284 g/mol. The number of hydrogen-bond acceptors (Lipinski definition) is 4. The summed E-state index contributed by atoms with van der Waals surface area (Å²) in [5.74, 6) is 2.32. The first kappa shape index (κ1) is 14.2. The number of carbonyl (C=O) groups is 1. The summed E-state index contributed by atoms with van der Waals surface area (Å²) in [5, 5.41) is 5.60. The second kappa shape index (κ2) is 6.38. The lowest BCUT2D eigenvalue weighted by atomic mass is 10.3. The van der Waals surface area contributed by atoms with E-state index in [1.54, 1.807) is 24.4 Å². The minimum atomic E-state index is -0.235. The van der Waals surface area contributed by atoms with E-state index < -0.39 is 0 Å². The second-order valence-electron chi connectivity index (χ2n) is 4.97. The Labute approximate surface area is 128 Å². The van der Waals surface area contributed by atoms with E-state index in [0.29, 0.717) is 23.7 Å². The van der Waals surface area contributed by atoms with Crippen molar-refractivity contribution in [2.75, 3.05) is 18.7 Å². The van der Waals surface area contributed by atoms with Gasteiger partial charge >= 0.3 is 6.03 Å². The van der Waals surface area contributed by atoms with Gasteiger partial charge in [0.1, 0.15) is 5.82 Å². The zero-order chi connectivity index (χ0) is 15.4. The number of rotatable bonds is 5. The maximum atomic E-state index is 11.8. The van der Waals surface area contributed by atoms with Gasteiger partial charge in [0.05, 0.1) is 0 Å². The Hall–Kier alpha value is -2.70. The van der Waals surface area contributed by atoms with Gasteiger partial charge in [0, 0.05) is 37.2 Å². The topological polar surface area (TPSA) is 77.4 Å². The smallest absolute Gasteiger partial charge is 0.319 e. The summed E-state index contributed by atoms with van der Waals surface area (Å²) in [7, 11) is 0. The third-order valence-corrected chi connectivity index (χ3v) is 3.42. The quantitative estimate of drug-likeness (QED) is 0.830. The normalized spacial score (nSPS) is 12.2. The lowest BCUT2D eigenvalue weighted by molar-refractivity contribution is 0.174. The summed E-state index contributed by atoms with van der Waals surface area (Å²) in [6, 6.07) is 5.07. The van der Waals surface area contributed by atoms with Crippen molar-refractivity contribution in [2.45, 2.75) is 19.9 Å². The summed E-state index contributed by atoms with van der Waals surface area (Å²) < 4.78 is 12.5. The third kappa shape index (κ3) is 3.30. The molecule has 0 atom stereocenters. The lowest BCUT2D eigenvalue weighted by Gasteiger charge is -2.09. The molecule has 0 fully saturated rings. The van der Waals surface area contributed by atoms with Gasteiger partial charge in [0.25, 0.3) is 0 Å². The van der Waals surface area contributed by atoms with E-state index in [0.717, 1.165) is 18.8 Å². The van der Waals surface area contributed by atoms with Crippen LogP contribution < -0.4 is 20.1 Å². The fourth-order valence-corrected chi connectivity index (χ4v) is 2.24. The fourth-order valence-electron chi connectivity index (χ4n) is 2.24. The van der Waals surface area contributed by atoms with Crippen molar-refractivity contribution in [3.8, 4) is 11.5 Å². The van der Waals surface area contributed by atoms with Crippen molar-refractivity contribution < 1.29 is 14.3 Å². The number of carbonyl (C=O) groups excluding carboxylic acids is 1. The highest BCUT2D eigenvalue weighted by atomic mass is 16.7. The monoisotopic (exact) mass is 302 g/mol. The van der Waals surface area contributed by atoms with Gasteiger partial charge < -0.3 is 24.7 Å². The summed E-state index contributed by atoms with van der Waals surface area (Å²) >= 11 is 0. The minimum Gasteiger partial charge on any atom is -0.454 e. The molecule has 116 valence electrons. The molecule has 0 bridgehead atoms. The van der Waals surface area contributed by atoms with E-state index in [1.165, 1.54) is 0 Å². The number of urea groups is 1. The number of ether oxygens (including phenoxy) is 2. The number of nitrogens with one attached hydrogen (secondary N) is 2. The standard InChI is InChI=1S/C15H18N4O3/c1-11-16-6-8-19(11)7-2-5-17-15(20)18-12-3-4-13-14(9-12)22-10-21-13/h3-4,6,8-9H,2,5,7,10H2,1H3,(H2,17,18,20). The number of nitrogens with zero attached hydrogens (tertiary/aromatic N) is 2. The van der Waals surface area contributed by atoms with Crippen LogP contribution in [0.3, 0.4) is 0 Å². The van der Waals surface area contributed by atoms with Gasteiger partial charge in [-0.15, -0.1) is 0 Å². The highest BCUT2D eigenvalue weighted by Gasteiger charge is 2.13. The van der Waals surface area contributed by atoms with Crippen LogP contribution in [0.25, 0.3) is 0 Å². The van der Waals surface area contributed by atoms with Crippen LogP contribution in [0.4, 0.5) is 10.5 Å². The van der Waals surface area contributed by atoms with Crippen molar-refractivity contribution in [3.63, 3.8) is 0 Å². The first-order valence-electron chi connectivity index (χ1n) is 7.14. The molecule has 2 amide bonds. The van der Waals surface area contributed by atoms with Gasteiger partial charge in [0.15, 0.2) is 11.5 Å². The maximum absolute atomic E-state index is 11.8. The first-order chi connectivity index (χ1) is 10.7. The van der Waals surface area contributed by atoms with Crippen LogP contribution in [0.2, 0.25) is 0 Å². The van der Waals surface area contributed by atoms with E-state index in [-0.39, 0.29) is 12.8 Å². The number of benzene rings is 1. The van der Waals surface area contributed by atoms with Crippen LogP contribution in [0.5, 0.6) is 11.5 Å². The highest BCUT2D eigenvalue weighted by Crippen LogP contribution is 2.34. The molecule has 7 heteroatoms. The van der Waals surface area contributed by atoms with Crippen molar-refractivity contribution in [1.29, 1.82) is 0 Å². The molecule has 22 heavy (non-hydrogen) atoms. The SMILES string of the molecule is Cc1nccn1CCCNC(=O)Nc1ccc2c(c1)OCO2. The van der Waals surface area contributed by atoms with Crippen LogP contribution in [-0.4, -0.2) is 28.9 Å². The summed E-state index contributed by atoms with van der Waals surface area (Å²) in [6.45, 7) is 3.60. The molecule has 0 saturated heterocycles. The van der Waals surface area contributed by atoms with Gasteiger partial charge in [-0.1, -0.05) is 0 Å². The molecular formula is C15H18N4O3. The zero-order valence-corrected chi connectivity index (χ0v) is 12.3. The number of anilines is 1. The van der Waals surface area contributed by atoms with Crippen molar-refractivity contribution in [1.82, 2.24) is 14.9 Å². The molecule has 0 aliphatic carbocycles. The molecule has 7 nitrogen and oxygen atoms in total. The number of aromatic nitrogens is 2. The van der Waals surface area contributed by atoms with Gasteiger partial charge in [-0.3, -0.25) is 0 Å². The molecule has 3 rings (SSSR count). The molecule has 2 N–H and O–H groups in total. The Bertz CT molecular complexity index is 669. The predicted molar refractivity (Wildman–Crippen MR) is 81.2 cm³/mol. The highest BCUT2D eigenvalue weighted by molar-refractivity contribution is 5.89. The Morgan fingerprint density at radius 2 is 2.23 bits per heavy atom. The number of hydrogen-bond donors (Lipinski definition) is 2. The molecule has 2 aromatic rings. The Balaban J connectivity index is 1.42. The fraction of sp³-hybridized carbons (Fsp3) is 0.333. The molecule has 1 aliphatic heterocycles. The lowest BCUT2D eigenvalue weighted by Crippen LogP contribution is -2.30. The van der Waals surface area contributed by atoms with E-state index in [1.807, 2.05) is 13.1 Å². The van der Waals surface area contributed by atoms with Gasteiger partial charge in [-0.2, -0.15) is 0 Å². The van der Waals surface area contributed by atoms with E-state index in [9.17, 15) is 4.79 Å². The third-order valence-electron chi connectivity index (χ3n) is 3.42. The van der Waals surface area contributed by atoms with Crippen LogP contribution in [0, 0.1) is 6.92 Å². The van der Waals surface area contributed by atoms with Gasteiger partial charge in [0.2, 0.25) is 6.79 Å². The predicted octanol–water partition coefficient (Wildman–Crippen LogP) is 2.13. The number of fused-ring (bicyclic) bond motifs is 1. The Morgan fingerprint density at radius 3 is 3.05 bits per heavy atom. The molecule has 1 aromatic heterocycles. The zero-order valence-electron chi connectivity index (χ0n) is 12.3. The molecule has 1 aromatic carbocycles. The summed E-state index contributed by atoms with van der Waals surface area (Å²) in [6.07, 6.45) is 4.54. The Morgan fingerprint density at radius 1 is 1.36 bits per heavy atom. The first-order valence-corrected chi connectivity index (χ1v) is 7.14. The van der Waals surface area contributed by atoms with Crippen molar-refractivity contribution in [3.05, 3.63) is 36.4 Å². The van der Waals surface area contributed by atoms with E-state index in [2.05, 4.69) is 20.2 Å². The second-order valence-corrected chi connectivity index (χ2v) is 4.97. The van der Waals surface area contributed by atoms with Crippen molar-refractivity contribution in [2.24, 2.45) is 0 Å². The molecule has 0 radical (unpaired) electrons. The van der Waals surface area contributed by atoms with Crippen LogP contribution in [-0.2, 0) is 6.54 Å². The van der Waals surface area contributed by atoms with Crippen LogP contribution in [0.1, 0.15) is 12.2 Å². The number of amides is 2. The number of imidazole rings is 1. The van der Waals surface area contributed by atoms with Gasteiger partial charge in [-0.05, 0) is 25.5 Å². The molecule has 0 spiro atoms. The summed E-state index contributed by atoms with van der Waals surface area (Å²) in [4.78, 5) is 16.0. The molecule has 0 unspecified atom stereocenters.